The molecule has 0 radical (unpaired) electrons. The number of hydrogen-bond donors (Lipinski definition) is 0. The third kappa shape index (κ3) is 3.91. The van der Waals surface area contributed by atoms with E-state index in [2.05, 4.69) is 20.9 Å². The van der Waals surface area contributed by atoms with Crippen LogP contribution in [0.5, 0.6) is 0 Å². The lowest BCUT2D eigenvalue weighted by Gasteiger charge is -2.19. The van der Waals surface area contributed by atoms with Gasteiger partial charge in [0.15, 0.2) is 0 Å². The van der Waals surface area contributed by atoms with E-state index in [9.17, 15) is 4.79 Å². The lowest BCUT2D eigenvalue weighted by atomic mass is 10.2. The van der Waals surface area contributed by atoms with Gasteiger partial charge in [0, 0.05) is 6.20 Å². The Morgan fingerprint density at radius 1 is 1.64 bits per heavy atom. The van der Waals surface area contributed by atoms with Crippen molar-refractivity contribution in [3.63, 3.8) is 0 Å². The van der Waals surface area contributed by atoms with Crippen LogP contribution in [0.25, 0.3) is 0 Å². The van der Waals surface area contributed by atoms with Gasteiger partial charge in [-0.05, 0) is 36.7 Å². The molecule has 1 aromatic rings. The Morgan fingerprint density at radius 2 is 2.29 bits per heavy atom. The molecule has 5 heteroatoms. The first-order valence-electron chi connectivity index (χ1n) is 4.26. The third-order valence-electron chi connectivity index (χ3n) is 1.33. The van der Waals surface area contributed by atoms with Crippen molar-refractivity contribution in [3.05, 3.63) is 17.1 Å². The zero-order valence-electron chi connectivity index (χ0n) is 8.45. The average Bonchev–Trinajstić information content (AvgIpc) is 2.30. The molecule has 4 nitrogen and oxygen atoms in total. The van der Waals surface area contributed by atoms with Gasteiger partial charge in [0.2, 0.25) is 0 Å². The predicted octanol–water partition coefficient (Wildman–Crippen LogP) is 1.99. The van der Waals surface area contributed by atoms with Gasteiger partial charge in [-0.3, -0.25) is 4.79 Å². The molecular weight excluding hydrogens is 248 g/mol. The van der Waals surface area contributed by atoms with E-state index >= 15 is 0 Å². The van der Waals surface area contributed by atoms with Gasteiger partial charge >= 0.3 is 5.97 Å². The second-order valence-electron chi connectivity index (χ2n) is 3.96. The number of imidazole rings is 1. The smallest absolute Gasteiger partial charge is 0.326 e. The van der Waals surface area contributed by atoms with Gasteiger partial charge in [0.25, 0.3) is 0 Å². The molecular formula is C9H13BrN2O2. The Kier molecular flexibility index (Phi) is 3.31. The molecule has 1 rings (SSSR count). The zero-order valence-corrected chi connectivity index (χ0v) is 10.0. The zero-order chi connectivity index (χ0) is 10.8. The van der Waals surface area contributed by atoms with Crippen LogP contribution in [-0.4, -0.2) is 21.1 Å². The summed E-state index contributed by atoms with van der Waals surface area (Å²) in [6, 6.07) is 0. The lowest BCUT2D eigenvalue weighted by Crippen LogP contribution is -2.26. The highest BCUT2D eigenvalue weighted by atomic mass is 79.9. The molecule has 0 atom stereocenters. The number of esters is 1. The van der Waals surface area contributed by atoms with Crippen molar-refractivity contribution in [1.29, 1.82) is 0 Å². The van der Waals surface area contributed by atoms with E-state index in [1.807, 2.05) is 20.8 Å². The van der Waals surface area contributed by atoms with Crippen LogP contribution >= 0.6 is 15.9 Å². The van der Waals surface area contributed by atoms with Crippen molar-refractivity contribution >= 4 is 21.9 Å². The molecule has 78 valence electrons. The molecule has 0 spiro atoms. The summed E-state index contributed by atoms with van der Waals surface area (Å²) >= 11 is 3.20. The molecule has 1 heterocycles. The number of ether oxygens (including phenoxy) is 1. The van der Waals surface area contributed by atoms with E-state index in [4.69, 9.17) is 4.74 Å². The van der Waals surface area contributed by atoms with Crippen molar-refractivity contribution in [2.24, 2.45) is 0 Å². The minimum absolute atomic E-state index is 0.190. The number of rotatable bonds is 2. The molecule has 0 aliphatic heterocycles. The van der Waals surface area contributed by atoms with Gasteiger partial charge in [0.05, 0.1) is 6.33 Å². The molecule has 0 bridgehead atoms. The predicted molar refractivity (Wildman–Crippen MR) is 55.8 cm³/mol. The number of carbonyl (C=O) groups excluding carboxylic acids is 1. The molecule has 0 amide bonds. The van der Waals surface area contributed by atoms with Crippen LogP contribution < -0.4 is 0 Å². The van der Waals surface area contributed by atoms with E-state index in [-0.39, 0.29) is 12.5 Å². The summed E-state index contributed by atoms with van der Waals surface area (Å²) in [7, 11) is 0. The highest BCUT2D eigenvalue weighted by molar-refractivity contribution is 9.10. The number of aromatic nitrogens is 2. The summed E-state index contributed by atoms with van der Waals surface area (Å²) in [5.41, 5.74) is -0.436. The summed E-state index contributed by atoms with van der Waals surface area (Å²) < 4.78 is 7.52. The van der Waals surface area contributed by atoms with Gasteiger partial charge in [-0.2, -0.15) is 0 Å². The molecule has 0 saturated heterocycles. The second-order valence-corrected chi connectivity index (χ2v) is 4.77. The number of hydrogen-bond acceptors (Lipinski definition) is 3. The SMILES string of the molecule is CC(C)(C)OC(=O)Cn1cnc(Br)c1. The molecule has 0 aliphatic rings. The molecule has 0 aliphatic carbocycles. The first-order valence-corrected chi connectivity index (χ1v) is 5.05. The standard InChI is InChI=1S/C9H13BrN2O2/c1-9(2,3)14-8(13)5-12-4-7(10)11-6-12/h4,6H,5H2,1-3H3. The van der Waals surface area contributed by atoms with Crippen LogP contribution in [-0.2, 0) is 16.1 Å². The minimum atomic E-state index is -0.436. The molecule has 0 aromatic carbocycles. The maximum atomic E-state index is 11.4. The summed E-state index contributed by atoms with van der Waals surface area (Å²) in [6.07, 6.45) is 3.30. The Hall–Kier alpha value is -0.840. The Morgan fingerprint density at radius 3 is 2.71 bits per heavy atom. The van der Waals surface area contributed by atoms with E-state index in [1.165, 1.54) is 0 Å². The maximum absolute atomic E-state index is 11.4. The molecule has 0 N–H and O–H groups in total. The number of carbonyl (C=O) groups is 1. The Bertz CT molecular complexity index is 328. The Balaban J connectivity index is 2.50. The molecule has 14 heavy (non-hydrogen) atoms. The van der Waals surface area contributed by atoms with Crippen molar-refractivity contribution in [1.82, 2.24) is 9.55 Å². The number of halogens is 1. The highest BCUT2D eigenvalue weighted by Crippen LogP contribution is 2.09. The van der Waals surface area contributed by atoms with Crippen molar-refractivity contribution in [2.45, 2.75) is 32.9 Å². The van der Waals surface area contributed by atoms with E-state index in [1.54, 1.807) is 17.1 Å². The fourth-order valence-corrected chi connectivity index (χ4v) is 1.30. The summed E-state index contributed by atoms with van der Waals surface area (Å²) in [5.74, 6) is -0.262. The van der Waals surface area contributed by atoms with Crippen LogP contribution in [0, 0.1) is 0 Å². The lowest BCUT2D eigenvalue weighted by molar-refractivity contribution is -0.155. The van der Waals surface area contributed by atoms with Crippen LogP contribution in [0.4, 0.5) is 0 Å². The minimum Gasteiger partial charge on any atom is -0.459 e. The third-order valence-corrected chi connectivity index (χ3v) is 1.74. The summed E-state index contributed by atoms with van der Waals surface area (Å²) in [4.78, 5) is 15.3. The first kappa shape index (κ1) is 11.2. The first-order chi connectivity index (χ1) is 6.37. The molecule has 1 aromatic heterocycles. The van der Waals surface area contributed by atoms with Crippen molar-refractivity contribution < 1.29 is 9.53 Å². The normalized spacial score (nSPS) is 11.4. The Labute approximate surface area is 91.4 Å². The van der Waals surface area contributed by atoms with Crippen LogP contribution in [0.1, 0.15) is 20.8 Å². The van der Waals surface area contributed by atoms with E-state index in [0.29, 0.717) is 4.60 Å². The average molecular weight is 261 g/mol. The molecule has 0 fully saturated rings. The second kappa shape index (κ2) is 4.13. The van der Waals surface area contributed by atoms with Gasteiger partial charge in [0.1, 0.15) is 16.7 Å². The van der Waals surface area contributed by atoms with Crippen molar-refractivity contribution in [2.75, 3.05) is 0 Å². The fourth-order valence-electron chi connectivity index (χ4n) is 0.942. The largest absolute Gasteiger partial charge is 0.459 e. The van der Waals surface area contributed by atoms with Crippen LogP contribution in [0.15, 0.2) is 17.1 Å². The van der Waals surface area contributed by atoms with Gasteiger partial charge in [-0.15, -0.1) is 0 Å². The van der Waals surface area contributed by atoms with Gasteiger partial charge < -0.3 is 9.30 Å². The molecule has 0 unspecified atom stereocenters. The summed E-state index contributed by atoms with van der Waals surface area (Å²) in [5, 5.41) is 0. The van der Waals surface area contributed by atoms with E-state index < -0.39 is 5.60 Å². The van der Waals surface area contributed by atoms with Gasteiger partial charge in [-0.25, -0.2) is 4.98 Å². The fraction of sp³-hybridized carbons (Fsp3) is 0.556. The number of nitrogens with zero attached hydrogens (tertiary/aromatic N) is 2. The topological polar surface area (TPSA) is 44.1 Å². The van der Waals surface area contributed by atoms with E-state index in [0.717, 1.165) is 0 Å². The van der Waals surface area contributed by atoms with Crippen LogP contribution in [0.3, 0.4) is 0 Å². The van der Waals surface area contributed by atoms with Crippen molar-refractivity contribution in [3.8, 4) is 0 Å². The highest BCUT2D eigenvalue weighted by Gasteiger charge is 2.16. The van der Waals surface area contributed by atoms with Crippen LogP contribution in [0.2, 0.25) is 0 Å². The quantitative estimate of drug-likeness (QED) is 0.764. The van der Waals surface area contributed by atoms with Gasteiger partial charge in [-0.1, -0.05) is 0 Å². The molecule has 0 saturated carbocycles. The maximum Gasteiger partial charge on any atom is 0.326 e. The monoisotopic (exact) mass is 260 g/mol. The summed E-state index contributed by atoms with van der Waals surface area (Å²) in [6.45, 7) is 5.72.